The van der Waals surface area contributed by atoms with Gasteiger partial charge in [-0.15, -0.1) is 6.58 Å². The zero-order valence-corrected chi connectivity index (χ0v) is 9.74. The Kier molecular flexibility index (Phi) is 6.38. The molecule has 0 aromatic heterocycles. The number of rotatable bonds is 7. The van der Waals surface area contributed by atoms with Crippen LogP contribution in [0.25, 0.3) is 0 Å². The highest BCUT2D eigenvalue weighted by molar-refractivity contribution is 6.60. The monoisotopic (exact) mass is 220 g/mol. The Balaban J connectivity index is 4.05. The van der Waals surface area contributed by atoms with Gasteiger partial charge < -0.3 is 18.0 Å². The standard InChI is InChI=1S/C8H16O5Si/c1-5-6-8(9)13-7-14(10-2,11-3)12-4/h5H,1,6-7H2,2-4H3. The highest BCUT2D eigenvalue weighted by Gasteiger charge is 2.39. The highest BCUT2D eigenvalue weighted by atomic mass is 28.4. The summed E-state index contributed by atoms with van der Waals surface area (Å²) in [5, 5.41) is 0. The van der Waals surface area contributed by atoms with E-state index in [1.165, 1.54) is 27.4 Å². The predicted molar refractivity (Wildman–Crippen MR) is 52.6 cm³/mol. The van der Waals surface area contributed by atoms with Crippen LogP contribution in [0.3, 0.4) is 0 Å². The first-order valence-electron chi connectivity index (χ1n) is 4.06. The lowest BCUT2D eigenvalue weighted by atomic mass is 10.4. The molecule has 0 saturated carbocycles. The Labute approximate surface area is 85.0 Å². The van der Waals surface area contributed by atoms with Crippen molar-refractivity contribution in [2.45, 2.75) is 6.42 Å². The van der Waals surface area contributed by atoms with Gasteiger partial charge in [0, 0.05) is 21.3 Å². The fourth-order valence-electron chi connectivity index (χ4n) is 0.772. The molecule has 0 amide bonds. The minimum absolute atomic E-state index is 0.0170. The number of carbonyl (C=O) groups excluding carboxylic acids is 1. The van der Waals surface area contributed by atoms with Crippen molar-refractivity contribution in [1.82, 2.24) is 0 Å². The zero-order chi connectivity index (χ0) is 11.0. The van der Waals surface area contributed by atoms with Gasteiger partial charge in [-0.05, 0) is 0 Å². The van der Waals surface area contributed by atoms with Crippen molar-refractivity contribution in [3.63, 3.8) is 0 Å². The van der Waals surface area contributed by atoms with E-state index in [1.54, 1.807) is 0 Å². The summed E-state index contributed by atoms with van der Waals surface area (Å²) in [5.41, 5.74) is 0. The van der Waals surface area contributed by atoms with E-state index < -0.39 is 8.80 Å². The number of hydrogen-bond acceptors (Lipinski definition) is 5. The Morgan fingerprint density at radius 3 is 2.14 bits per heavy atom. The van der Waals surface area contributed by atoms with Gasteiger partial charge in [0.05, 0.1) is 6.42 Å². The average Bonchev–Trinajstić information content (AvgIpc) is 2.21. The molecule has 0 heterocycles. The SMILES string of the molecule is C=CCC(=O)OC[Si](OC)(OC)OC. The first kappa shape index (κ1) is 13.3. The second-order valence-electron chi connectivity index (χ2n) is 2.45. The van der Waals surface area contributed by atoms with Gasteiger partial charge in [-0.1, -0.05) is 6.08 Å². The lowest BCUT2D eigenvalue weighted by molar-refractivity contribution is -0.142. The molecule has 0 fully saturated rings. The summed E-state index contributed by atoms with van der Waals surface area (Å²) in [6.45, 7) is 3.42. The van der Waals surface area contributed by atoms with Crippen LogP contribution in [0, 0.1) is 0 Å². The molecule has 0 aliphatic heterocycles. The Hall–Kier alpha value is -0.693. The van der Waals surface area contributed by atoms with Crippen LogP contribution in [0.5, 0.6) is 0 Å². The first-order chi connectivity index (χ1) is 6.64. The maximum Gasteiger partial charge on any atom is 0.539 e. The summed E-state index contributed by atoms with van der Waals surface area (Å²) in [4.78, 5) is 11.0. The van der Waals surface area contributed by atoms with E-state index in [2.05, 4.69) is 6.58 Å². The van der Waals surface area contributed by atoms with E-state index >= 15 is 0 Å². The molecular formula is C8H16O5Si. The molecular weight excluding hydrogens is 204 g/mol. The molecule has 0 N–H and O–H groups in total. The molecule has 6 heteroatoms. The third kappa shape index (κ3) is 4.01. The molecule has 5 nitrogen and oxygen atoms in total. The summed E-state index contributed by atoms with van der Waals surface area (Å²) in [6, 6.07) is 0. The smallest absolute Gasteiger partial charge is 0.461 e. The maximum absolute atomic E-state index is 11.0. The van der Waals surface area contributed by atoms with E-state index in [0.29, 0.717) is 0 Å². The van der Waals surface area contributed by atoms with E-state index in [9.17, 15) is 4.79 Å². The summed E-state index contributed by atoms with van der Waals surface area (Å²) >= 11 is 0. The molecule has 0 atom stereocenters. The van der Waals surface area contributed by atoms with Crippen molar-refractivity contribution in [2.24, 2.45) is 0 Å². The summed E-state index contributed by atoms with van der Waals surface area (Å²) in [5.74, 6) is -0.372. The number of ether oxygens (including phenoxy) is 1. The van der Waals surface area contributed by atoms with Crippen molar-refractivity contribution >= 4 is 14.8 Å². The van der Waals surface area contributed by atoms with Gasteiger partial charge in [0.2, 0.25) is 0 Å². The van der Waals surface area contributed by atoms with Crippen molar-refractivity contribution in [3.8, 4) is 0 Å². The summed E-state index contributed by atoms with van der Waals surface area (Å²) in [6.07, 6.45) is 1.66. The predicted octanol–water partition coefficient (Wildman–Crippen LogP) is 0.523. The average molecular weight is 220 g/mol. The molecule has 0 bridgehead atoms. The molecule has 14 heavy (non-hydrogen) atoms. The van der Waals surface area contributed by atoms with Gasteiger partial charge in [0.15, 0.2) is 6.23 Å². The van der Waals surface area contributed by atoms with Crippen LogP contribution in [0.15, 0.2) is 12.7 Å². The fourth-order valence-corrected chi connectivity index (χ4v) is 1.96. The Bertz CT molecular complexity index is 182. The van der Waals surface area contributed by atoms with Crippen molar-refractivity contribution < 1.29 is 22.8 Å². The molecule has 0 radical (unpaired) electrons. The fraction of sp³-hybridized carbons (Fsp3) is 0.625. The normalized spacial score (nSPS) is 11.1. The van der Waals surface area contributed by atoms with Crippen LogP contribution in [-0.4, -0.2) is 42.3 Å². The molecule has 82 valence electrons. The first-order valence-corrected chi connectivity index (χ1v) is 5.99. The van der Waals surface area contributed by atoms with Crippen LogP contribution < -0.4 is 0 Å². The van der Waals surface area contributed by atoms with Gasteiger partial charge in [0.25, 0.3) is 0 Å². The van der Waals surface area contributed by atoms with Gasteiger partial charge in [0.1, 0.15) is 0 Å². The van der Waals surface area contributed by atoms with Crippen LogP contribution >= 0.6 is 0 Å². The topological polar surface area (TPSA) is 54.0 Å². The Morgan fingerprint density at radius 1 is 1.29 bits per heavy atom. The van der Waals surface area contributed by atoms with E-state index in [0.717, 1.165) is 0 Å². The molecule has 0 saturated heterocycles. The number of hydrogen-bond donors (Lipinski definition) is 0. The highest BCUT2D eigenvalue weighted by Crippen LogP contribution is 2.06. The Morgan fingerprint density at radius 2 is 1.79 bits per heavy atom. The van der Waals surface area contributed by atoms with Gasteiger partial charge in [-0.3, -0.25) is 4.79 Å². The molecule has 0 spiro atoms. The largest absolute Gasteiger partial charge is 0.539 e. The van der Waals surface area contributed by atoms with Gasteiger partial charge in [-0.25, -0.2) is 0 Å². The minimum Gasteiger partial charge on any atom is -0.461 e. The van der Waals surface area contributed by atoms with E-state index in [4.69, 9.17) is 18.0 Å². The quantitative estimate of drug-likeness (QED) is 0.356. The molecule has 0 aromatic carbocycles. The van der Waals surface area contributed by atoms with Gasteiger partial charge >= 0.3 is 14.8 Å². The molecule has 0 unspecified atom stereocenters. The van der Waals surface area contributed by atoms with Crippen molar-refractivity contribution in [2.75, 3.05) is 27.6 Å². The molecule has 0 aliphatic rings. The summed E-state index contributed by atoms with van der Waals surface area (Å²) < 4.78 is 20.1. The second kappa shape index (κ2) is 6.72. The van der Waals surface area contributed by atoms with Crippen molar-refractivity contribution in [3.05, 3.63) is 12.7 Å². The van der Waals surface area contributed by atoms with Crippen LogP contribution in [-0.2, 0) is 22.8 Å². The number of esters is 1. The number of carbonyl (C=O) groups is 1. The van der Waals surface area contributed by atoms with Crippen LogP contribution in [0.1, 0.15) is 6.42 Å². The van der Waals surface area contributed by atoms with Crippen LogP contribution in [0.2, 0.25) is 0 Å². The molecule has 0 rings (SSSR count). The molecule has 0 aromatic rings. The van der Waals surface area contributed by atoms with Crippen LogP contribution in [0.4, 0.5) is 0 Å². The third-order valence-electron chi connectivity index (χ3n) is 1.65. The van der Waals surface area contributed by atoms with Gasteiger partial charge in [-0.2, -0.15) is 0 Å². The summed E-state index contributed by atoms with van der Waals surface area (Å²) in [7, 11) is 1.59. The third-order valence-corrected chi connectivity index (χ3v) is 4.02. The maximum atomic E-state index is 11.0. The molecule has 0 aliphatic carbocycles. The van der Waals surface area contributed by atoms with E-state index in [1.807, 2.05) is 0 Å². The zero-order valence-electron chi connectivity index (χ0n) is 8.74. The lowest BCUT2D eigenvalue weighted by Gasteiger charge is -2.23. The van der Waals surface area contributed by atoms with E-state index in [-0.39, 0.29) is 18.6 Å². The van der Waals surface area contributed by atoms with Crippen molar-refractivity contribution in [1.29, 1.82) is 0 Å². The minimum atomic E-state index is -2.79. The lowest BCUT2D eigenvalue weighted by Crippen LogP contribution is -2.48. The second-order valence-corrected chi connectivity index (χ2v) is 5.33.